The molecule has 0 bridgehead atoms. The summed E-state index contributed by atoms with van der Waals surface area (Å²) in [6, 6.07) is 13.0. The van der Waals surface area contributed by atoms with Crippen LogP contribution in [0.4, 0.5) is 4.39 Å². The molecule has 1 saturated carbocycles. The van der Waals surface area contributed by atoms with Crippen LogP contribution in [-0.4, -0.2) is 13.2 Å². The SMILES string of the molecule is CNC(c1cccc(OC2CC2)c1)c1cccc(F)c1Br. The minimum absolute atomic E-state index is 0.0853. The van der Waals surface area contributed by atoms with Crippen LogP contribution < -0.4 is 10.1 Å². The lowest BCUT2D eigenvalue weighted by Crippen LogP contribution is -2.18. The van der Waals surface area contributed by atoms with Gasteiger partial charge in [0, 0.05) is 0 Å². The quantitative estimate of drug-likeness (QED) is 0.861. The zero-order chi connectivity index (χ0) is 14.8. The van der Waals surface area contributed by atoms with E-state index in [0.29, 0.717) is 10.6 Å². The van der Waals surface area contributed by atoms with Gasteiger partial charge in [-0.15, -0.1) is 0 Å². The molecule has 1 atom stereocenters. The summed E-state index contributed by atoms with van der Waals surface area (Å²) < 4.78 is 20.1. The van der Waals surface area contributed by atoms with E-state index in [-0.39, 0.29) is 11.9 Å². The van der Waals surface area contributed by atoms with E-state index in [1.807, 2.05) is 37.4 Å². The van der Waals surface area contributed by atoms with Gasteiger partial charge in [0.25, 0.3) is 0 Å². The molecule has 0 heterocycles. The van der Waals surface area contributed by atoms with Crippen LogP contribution in [-0.2, 0) is 0 Å². The molecule has 2 aromatic rings. The van der Waals surface area contributed by atoms with Crippen molar-refractivity contribution in [2.45, 2.75) is 25.0 Å². The molecule has 0 spiro atoms. The molecule has 1 aliphatic carbocycles. The number of benzene rings is 2. The highest BCUT2D eigenvalue weighted by atomic mass is 79.9. The summed E-state index contributed by atoms with van der Waals surface area (Å²) in [6.07, 6.45) is 2.64. The highest BCUT2D eigenvalue weighted by Crippen LogP contribution is 2.33. The van der Waals surface area contributed by atoms with E-state index in [9.17, 15) is 4.39 Å². The second-order valence-electron chi connectivity index (χ2n) is 5.25. The van der Waals surface area contributed by atoms with Gasteiger partial charge in [-0.3, -0.25) is 0 Å². The first kappa shape index (κ1) is 14.5. The Labute approximate surface area is 132 Å². The van der Waals surface area contributed by atoms with Crippen molar-refractivity contribution in [1.82, 2.24) is 5.32 Å². The zero-order valence-corrected chi connectivity index (χ0v) is 13.4. The van der Waals surface area contributed by atoms with Crippen LogP contribution in [0.25, 0.3) is 0 Å². The highest BCUT2D eigenvalue weighted by Gasteiger charge is 2.24. The maximum atomic E-state index is 13.8. The number of hydrogen-bond acceptors (Lipinski definition) is 2. The van der Waals surface area contributed by atoms with E-state index in [1.165, 1.54) is 6.07 Å². The lowest BCUT2D eigenvalue weighted by molar-refractivity contribution is 0.302. The molecule has 1 aliphatic rings. The van der Waals surface area contributed by atoms with Crippen molar-refractivity contribution in [2.75, 3.05) is 7.05 Å². The van der Waals surface area contributed by atoms with Crippen molar-refractivity contribution in [3.05, 3.63) is 63.9 Å². The molecule has 1 unspecified atom stereocenters. The van der Waals surface area contributed by atoms with Gasteiger partial charge in [-0.1, -0.05) is 24.3 Å². The Bertz CT molecular complexity index is 642. The maximum absolute atomic E-state index is 13.8. The molecule has 110 valence electrons. The molecule has 21 heavy (non-hydrogen) atoms. The number of nitrogens with one attached hydrogen (secondary N) is 1. The van der Waals surface area contributed by atoms with Gasteiger partial charge in [0.1, 0.15) is 11.6 Å². The Morgan fingerprint density at radius 1 is 1.24 bits per heavy atom. The third-order valence-electron chi connectivity index (χ3n) is 3.60. The van der Waals surface area contributed by atoms with Crippen LogP contribution >= 0.6 is 15.9 Å². The Morgan fingerprint density at radius 2 is 2.00 bits per heavy atom. The number of halogens is 2. The van der Waals surface area contributed by atoms with Crippen molar-refractivity contribution in [1.29, 1.82) is 0 Å². The standard InChI is InChI=1S/C17H17BrFNO/c1-20-17(14-6-3-7-15(19)16(14)18)11-4-2-5-13(10-11)21-12-8-9-12/h2-7,10,12,17,20H,8-9H2,1H3. The summed E-state index contributed by atoms with van der Waals surface area (Å²) >= 11 is 3.34. The van der Waals surface area contributed by atoms with Crippen LogP contribution in [0.15, 0.2) is 46.9 Å². The fraction of sp³-hybridized carbons (Fsp3) is 0.294. The average molecular weight is 350 g/mol. The van der Waals surface area contributed by atoms with Crippen LogP contribution in [0.3, 0.4) is 0 Å². The van der Waals surface area contributed by atoms with E-state index in [2.05, 4.69) is 21.2 Å². The van der Waals surface area contributed by atoms with Gasteiger partial charge in [-0.2, -0.15) is 0 Å². The molecule has 0 aromatic heterocycles. The van der Waals surface area contributed by atoms with E-state index >= 15 is 0 Å². The van der Waals surface area contributed by atoms with E-state index in [4.69, 9.17) is 4.74 Å². The zero-order valence-electron chi connectivity index (χ0n) is 11.8. The molecule has 2 nitrogen and oxygen atoms in total. The lowest BCUT2D eigenvalue weighted by Gasteiger charge is -2.19. The van der Waals surface area contributed by atoms with Crippen molar-refractivity contribution in [3.8, 4) is 5.75 Å². The van der Waals surface area contributed by atoms with Crippen molar-refractivity contribution in [2.24, 2.45) is 0 Å². The van der Waals surface area contributed by atoms with E-state index in [1.54, 1.807) is 6.07 Å². The first-order valence-electron chi connectivity index (χ1n) is 7.07. The molecular formula is C17H17BrFNO. The third-order valence-corrected chi connectivity index (χ3v) is 4.44. The van der Waals surface area contributed by atoms with Gasteiger partial charge >= 0.3 is 0 Å². The lowest BCUT2D eigenvalue weighted by atomic mass is 9.98. The fourth-order valence-corrected chi connectivity index (χ4v) is 2.88. The summed E-state index contributed by atoms with van der Waals surface area (Å²) in [4.78, 5) is 0. The molecule has 0 aliphatic heterocycles. The molecule has 0 amide bonds. The summed E-state index contributed by atoms with van der Waals surface area (Å²) in [5, 5.41) is 3.25. The third kappa shape index (κ3) is 3.27. The van der Waals surface area contributed by atoms with Gasteiger partial charge in [0.2, 0.25) is 0 Å². The van der Waals surface area contributed by atoms with Crippen LogP contribution in [0.2, 0.25) is 0 Å². The van der Waals surface area contributed by atoms with E-state index in [0.717, 1.165) is 29.7 Å². The summed E-state index contributed by atoms with van der Waals surface area (Å²) in [5.74, 6) is 0.626. The Morgan fingerprint density at radius 3 is 2.71 bits per heavy atom. The van der Waals surface area contributed by atoms with Gasteiger partial charge in [0.15, 0.2) is 0 Å². The first-order chi connectivity index (χ1) is 10.2. The molecule has 0 saturated heterocycles. The van der Waals surface area contributed by atoms with Gasteiger partial charge < -0.3 is 10.1 Å². The van der Waals surface area contributed by atoms with Crippen molar-refractivity contribution >= 4 is 15.9 Å². The van der Waals surface area contributed by atoms with Gasteiger partial charge in [-0.25, -0.2) is 4.39 Å². The highest BCUT2D eigenvalue weighted by molar-refractivity contribution is 9.10. The minimum atomic E-state index is -0.252. The monoisotopic (exact) mass is 349 g/mol. The summed E-state index contributed by atoms with van der Waals surface area (Å²) in [5.41, 5.74) is 1.93. The molecular weight excluding hydrogens is 333 g/mol. The second kappa shape index (κ2) is 6.16. The molecule has 4 heteroatoms. The first-order valence-corrected chi connectivity index (χ1v) is 7.86. The predicted molar refractivity (Wildman–Crippen MR) is 85.1 cm³/mol. The van der Waals surface area contributed by atoms with Crippen molar-refractivity contribution in [3.63, 3.8) is 0 Å². The van der Waals surface area contributed by atoms with E-state index < -0.39 is 0 Å². The normalized spacial score (nSPS) is 15.8. The Hall–Kier alpha value is -1.39. The van der Waals surface area contributed by atoms with Crippen molar-refractivity contribution < 1.29 is 9.13 Å². The minimum Gasteiger partial charge on any atom is -0.490 e. The molecule has 1 fully saturated rings. The molecule has 0 radical (unpaired) electrons. The summed E-state index contributed by atoms with van der Waals surface area (Å²) in [7, 11) is 1.87. The molecule has 3 rings (SSSR count). The van der Waals surface area contributed by atoms with Crippen LogP contribution in [0, 0.1) is 5.82 Å². The fourth-order valence-electron chi connectivity index (χ4n) is 2.39. The van der Waals surface area contributed by atoms with Gasteiger partial charge in [0.05, 0.1) is 16.6 Å². The largest absolute Gasteiger partial charge is 0.490 e. The summed E-state index contributed by atoms with van der Waals surface area (Å²) in [6.45, 7) is 0. The van der Waals surface area contributed by atoms with Gasteiger partial charge in [-0.05, 0) is 65.1 Å². The van der Waals surface area contributed by atoms with Crippen LogP contribution in [0.5, 0.6) is 5.75 Å². The molecule has 2 aromatic carbocycles. The number of hydrogen-bond donors (Lipinski definition) is 1. The smallest absolute Gasteiger partial charge is 0.137 e. The Balaban J connectivity index is 1.93. The number of rotatable bonds is 5. The molecule has 1 N–H and O–H groups in total. The number of ether oxygens (including phenoxy) is 1. The topological polar surface area (TPSA) is 21.3 Å². The Kier molecular flexibility index (Phi) is 4.27. The predicted octanol–water partition coefficient (Wildman–Crippen LogP) is 4.44. The van der Waals surface area contributed by atoms with Crippen LogP contribution in [0.1, 0.15) is 30.0 Å². The average Bonchev–Trinajstić information content (AvgIpc) is 3.29. The second-order valence-corrected chi connectivity index (χ2v) is 6.05. The maximum Gasteiger partial charge on any atom is 0.137 e.